The number of ether oxygens (including phenoxy) is 1. The van der Waals surface area contributed by atoms with Crippen LogP contribution in [0.2, 0.25) is 5.02 Å². The van der Waals surface area contributed by atoms with Gasteiger partial charge in [-0.05, 0) is 39.0 Å². The topological polar surface area (TPSA) is 71.8 Å². The Morgan fingerprint density at radius 2 is 1.81 bits per heavy atom. The number of nitrogens with zero attached hydrogens (tertiary/aromatic N) is 1. The number of carbonyl (C=O) groups excluding carboxylic acids is 2. The molecule has 1 aliphatic heterocycles. The molecule has 1 saturated heterocycles. The summed E-state index contributed by atoms with van der Waals surface area (Å²) in [4.78, 5) is 26.8. The van der Waals surface area contributed by atoms with Gasteiger partial charge in [0.1, 0.15) is 11.5 Å². The van der Waals surface area contributed by atoms with Crippen molar-refractivity contribution in [2.75, 3.05) is 31.6 Å². The third kappa shape index (κ3) is 3.61. The molecule has 0 spiro atoms. The van der Waals surface area contributed by atoms with Crippen LogP contribution < -0.4 is 5.32 Å². The minimum Gasteiger partial charge on any atom is -0.466 e. The summed E-state index contributed by atoms with van der Waals surface area (Å²) in [5.74, 6) is 0.897. The van der Waals surface area contributed by atoms with Crippen LogP contribution in [0, 0.1) is 20.8 Å². The number of rotatable bonds is 3. The predicted molar refractivity (Wildman–Crippen MR) is 99.0 cm³/mol. The van der Waals surface area contributed by atoms with Gasteiger partial charge in [0, 0.05) is 24.3 Å². The number of hydrogen-bond acceptors (Lipinski definition) is 4. The van der Waals surface area contributed by atoms with Gasteiger partial charge in [-0.15, -0.1) is 0 Å². The second-order valence-electron chi connectivity index (χ2n) is 6.27. The summed E-state index contributed by atoms with van der Waals surface area (Å²) >= 11 is 6.29. The zero-order valence-corrected chi connectivity index (χ0v) is 15.8. The highest BCUT2D eigenvalue weighted by molar-refractivity contribution is 6.34. The van der Waals surface area contributed by atoms with E-state index < -0.39 is 0 Å². The molecule has 0 unspecified atom stereocenters. The van der Waals surface area contributed by atoms with E-state index in [1.807, 2.05) is 13.8 Å². The monoisotopic (exact) mass is 376 g/mol. The van der Waals surface area contributed by atoms with E-state index in [0.29, 0.717) is 53.9 Å². The van der Waals surface area contributed by atoms with Crippen LogP contribution in [-0.4, -0.2) is 43.0 Å². The van der Waals surface area contributed by atoms with Crippen molar-refractivity contribution >= 4 is 29.1 Å². The Kier molecular flexibility index (Phi) is 5.34. The standard InChI is InChI=1S/C19H21ClN2O4/c1-11-12(2)26-13(3)17(11)18(23)21-14-4-5-15(16(20)10-14)19(24)22-6-8-25-9-7-22/h4-5,10H,6-9H2,1-3H3,(H,21,23). The number of hydrogen-bond donors (Lipinski definition) is 1. The van der Waals surface area contributed by atoms with Crippen LogP contribution in [0.3, 0.4) is 0 Å². The van der Waals surface area contributed by atoms with Crippen LogP contribution in [0.25, 0.3) is 0 Å². The van der Waals surface area contributed by atoms with E-state index in [-0.39, 0.29) is 11.8 Å². The molecule has 0 radical (unpaired) electrons. The summed E-state index contributed by atoms with van der Waals surface area (Å²) in [7, 11) is 0. The lowest BCUT2D eigenvalue weighted by Crippen LogP contribution is -2.40. The summed E-state index contributed by atoms with van der Waals surface area (Å²) in [5, 5.41) is 3.11. The molecule has 3 rings (SSSR count). The first kappa shape index (κ1) is 18.5. The van der Waals surface area contributed by atoms with Gasteiger partial charge in [-0.2, -0.15) is 0 Å². The average molecular weight is 377 g/mol. The Labute approximate surface area is 157 Å². The molecule has 1 aromatic heterocycles. The van der Waals surface area contributed by atoms with Crippen molar-refractivity contribution in [3.8, 4) is 0 Å². The average Bonchev–Trinajstić information content (AvgIpc) is 2.87. The van der Waals surface area contributed by atoms with Gasteiger partial charge in [-0.3, -0.25) is 9.59 Å². The number of anilines is 1. The van der Waals surface area contributed by atoms with Gasteiger partial charge in [-0.25, -0.2) is 0 Å². The SMILES string of the molecule is Cc1oc(C)c(C(=O)Nc2ccc(C(=O)N3CCOCC3)c(Cl)c2)c1C. The molecule has 26 heavy (non-hydrogen) atoms. The Bertz CT molecular complexity index is 853. The van der Waals surface area contributed by atoms with Crippen LogP contribution in [0.5, 0.6) is 0 Å². The molecule has 2 amide bonds. The van der Waals surface area contributed by atoms with Crippen molar-refractivity contribution in [3.63, 3.8) is 0 Å². The normalized spacial score (nSPS) is 14.4. The van der Waals surface area contributed by atoms with Crippen LogP contribution in [0.15, 0.2) is 22.6 Å². The third-order valence-corrected chi connectivity index (χ3v) is 4.86. The number of halogens is 1. The molecule has 1 aliphatic rings. The fourth-order valence-electron chi connectivity index (χ4n) is 3.02. The number of carbonyl (C=O) groups is 2. The van der Waals surface area contributed by atoms with E-state index in [2.05, 4.69) is 5.32 Å². The lowest BCUT2D eigenvalue weighted by molar-refractivity contribution is 0.0303. The lowest BCUT2D eigenvalue weighted by Gasteiger charge is -2.27. The first-order valence-electron chi connectivity index (χ1n) is 8.43. The maximum atomic E-state index is 12.6. The first-order valence-corrected chi connectivity index (χ1v) is 8.80. The molecule has 6 nitrogen and oxygen atoms in total. The first-order chi connectivity index (χ1) is 12.4. The van der Waals surface area contributed by atoms with Crippen LogP contribution in [0.4, 0.5) is 5.69 Å². The molecule has 0 aliphatic carbocycles. The Morgan fingerprint density at radius 3 is 2.38 bits per heavy atom. The van der Waals surface area contributed by atoms with E-state index >= 15 is 0 Å². The molecule has 0 saturated carbocycles. The summed E-state index contributed by atoms with van der Waals surface area (Å²) in [6.07, 6.45) is 0. The summed E-state index contributed by atoms with van der Waals surface area (Å²) in [5.41, 5.74) is 2.27. The number of amides is 2. The second-order valence-corrected chi connectivity index (χ2v) is 6.67. The minimum atomic E-state index is -0.264. The molecule has 1 N–H and O–H groups in total. The van der Waals surface area contributed by atoms with Crippen molar-refractivity contribution < 1.29 is 18.7 Å². The van der Waals surface area contributed by atoms with Crippen molar-refractivity contribution in [1.82, 2.24) is 4.90 Å². The van der Waals surface area contributed by atoms with Crippen molar-refractivity contribution in [2.45, 2.75) is 20.8 Å². The quantitative estimate of drug-likeness (QED) is 0.888. The number of nitrogens with one attached hydrogen (secondary N) is 1. The van der Waals surface area contributed by atoms with E-state index in [1.165, 1.54) is 0 Å². The molecule has 2 aromatic rings. The highest BCUT2D eigenvalue weighted by atomic mass is 35.5. The van der Waals surface area contributed by atoms with Gasteiger partial charge in [-0.1, -0.05) is 11.6 Å². The van der Waals surface area contributed by atoms with Crippen molar-refractivity contribution in [1.29, 1.82) is 0 Å². The van der Waals surface area contributed by atoms with E-state index in [4.69, 9.17) is 20.8 Å². The highest BCUT2D eigenvalue weighted by Crippen LogP contribution is 2.25. The molecule has 1 aromatic carbocycles. The molecular formula is C19H21ClN2O4. The zero-order chi connectivity index (χ0) is 18.8. The number of benzene rings is 1. The molecule has 138 valence electrons. The van der Waals surface area contributed by atoms with Crippen molar-refractivity contribution in [3.05, 3.63) is 51.4 Å². The fourth-order valence-corrected chi connectivity index (χ4v) is 3.29. The van der Waals surface area contributed by atoms with Gasteiger partial charge < -0.3 is 19.4 Å². The van der Waals surface area contributed by atoms with E-state index in [1.54, 1.807) is 30.0 Å². The van der Waals surface area contributed by atoms with Gasteiger partial charge >= 0.3 is 0 Å². The predicted octanol–water partition coefficient (Wildman–Crippen LogP) is 3.58. The molecule has 0 atom stereocenters. The van der Waals surface area contributed by atoms with Gasteiger partial charge in [0.25, 0.3) is 11.8 Å². The molecule has 7 heteroatoms. The van der Waals surface area contributed by atoms with Crippen molar-refractivity contribution in [2.24, 2.45) is 0 Å². The van der Waals surface area contributed by atoms with E-state index in [9.17, 15) is 9.59 Å². The van der Waals surface area contributed by atoms with Crippen LogP contribution in [0.1, 0.15) is 37.8 Å². The zero-order valence-electron chi connectivity index (χ0n) is 15.0. The molecular weight excluding hydrogens is 356 g/mol. The number of aryl methyl sites for hydroxylation is 2. The second kappa shape index (κ2) is 7.51. The summed E-state index contributed by atoms with van der Waals surface area (Å²) in [6.45, 7) is 7.57. The Balaban J connectivity index is 1.77. The molecule has 0 bridgehead atoms. The maximum Gasteiger partial charge on any atom is 0.259 e. The Morgan fingerprint density at radius 1 is 1.12 bits per heavy atom. The summed E-state index contributed by atoms with van der Waals surface area (Å²) < 4.78 is 10.8. The summed E-state index contributed by atoms with van der Waals surface area (Å²) in [6, 6.07) is 4.90. The van der Waals surface area contributed by atoms with Gasteiger partial charge in [0.05, 0.1) is 29.4 Å². The number of furan rings is 1. The molecule has 1 fully saturated rings. The van der Waals surface area contributed by atoms with Crippen LogP contribution >= 0.6 is 11.6 Å². The largest absolute Gasteiger partial charge is 0.466 e. The van der Waals surface area contributed by atoms with Crippen LogP contribution in [-0.2, 0) is 4.74 Å². The minimum absolute atomic E-state index is 0.131. The third-order valence-electron chi connectivity index (χ3n) is 4.54. The Hall–Kier alpha value is -2.31. The van der Waals surface area contributed by atoms with Gasteiger partial charge in [0.2, 0.25) is 0 Å². The van der Waals surface area contributed by atoms with Gasteiger partial charge in [0.15, 0.2) is 0 Å². The number of morpholine rings is 1. The fraction of sp³-hybridized carbons (Fsp3) is 0.368. The van der Waals surface area contributed by atoms with E-state index in [0.717, 1.165) is 11.3 Å². The smallest absolute Gasteiger partial charge is 0.259 e. The highest BCUT2D eigenvalue weighted by Gasteiger charge is 2.22. The maximum absolute atomic E-state index is 12.6. The molecule has 2 heterocycles. The lowest BCUT2D eigenvalue weighted by atomic mass is 10.1.